The molecule has 0 fully saturated rings. The van der Waals surface area contributed by atoms with Crippen LogP contribution in [0.5, 0.6) is 5.88 Å². The zero-order valence-electron chi connectivity index (χ0n) is 15.0. The average Bonchev–Trinajstić information content (AvgIpc) is 3.18. The molecule has 0 N–H and O–H groups in total. The van der Waals surface area contributed by atoms with Gasteiger partial charge in [-0.2, -0.15) is 0 Å². The summed E-state index contributed by atoms with van der Waals surface area (Å²) in [7, 11) is 0. The zero-order valence-corrected chi connectivity index (χ0v) is 15.0. The molecule has 27 heavy (non-hydrogen) atoms. The van der Waals surface area contributed by atoms with Crippen LogP contribution in [0, 0.1) is 0 Å². The lowest BCUT2D eigenvalue weighted by molar-refractivity contribution is 0.267. The largest absolute Gasteiger partial charge is 0.468 e. The van der Waals surface area contributed by atoms with Gasteiger partial charge in [0, 0.05) is 17.5 Å². The van der Waals surface area contributed by atoms with Crippen LogP contribution in [-0.2, 0) is 13.0 Å². The molecule has 0 aliphatic carbocycles. The minimum atomic E-state index is 0.381. The summed E-state index contributed by atoms with van der Waals surface area (Å²) in [4.78, 5) is 4.92. The Labute approximate surface area is 157 Å². The number of fused-ring (bicyclic) bond motifs is 3. The molecule has 5 nitrogen and oxygen atoms in total. The number of ether oxygens (including phenoxy) is 1. The molecule has 132 valence electrons. The molecular weight excluding hydrogens is 336 g/mol. The van der Waals surface area contributed by atoms with Gasteiger partial charge in [0.25, 0.3) is 0 Å². The molecule has 4 aromatic rings. The molecule has 2 aromatic heterocycles. The highest BCUT2D eigenvalue weighted by Crippen LogP contribution is 2.38. The van der Waals surface area contributed by atoms with Crippen LogP contribution in [0.2, 0.25) is 0 Å². The third-order valence-corrected chi connectivity index (χ3v) is 4.79. The van der Waals surface area contributed by atoms with Crippen molar-refractivity contribution in [1.82, 2.24) is 19.7 Å². The molecule has 0 amide bonds. The number of pyridine rings is 1. The van der Waals surface area contributed by atoms with E-state index in [2.05, 4.69) is 52.0 Å². The summed E-state index contributed by atoms with van der Waals surface area (Å²) in [5.41, 5.74) is 5.05. The van der Waals surface area contributed by atoms with Crippen LogP contribution in [-0.4, -0.2) is 19.7 Å². The van der Waals surface area contributed by atoms with Gasteiger partial charge in [0.05, 0.1) is 5.69 Å². The molecular formula is C22H18N4O. The lowest BCUT2D eigenvalue weighted by Crippen LogP contribution is -2.16. The number of aryl methyl sites for hydroxylation is 1. The molecule has 1 aliphatic rings. The Kier molecular flexibility index (Phi) is 3.71. The quantitative estimate of drug-likeness (QED) is 0.545. The number of hydrogen-bond donors (Lipinski definition) is 0. The van der Waals surface area contributed by atoms with Crippen LogP contribution in [0.3, 0.4) is 0 Å². The SMILES string of the molecule is CCc1nnc2n1-c1cc(-c3ccccc3)c(-c3ccccc3)nc1OC2. The van der Waals surface area contributed by atoms with Crippen molar-refractivity contribution < 1.29 is 4.74 Å². The third kappa shape index (κ3) is 2.59. The predicted molar refractivity (Wildman–Crippen MR) is 104 cm³/mol. The maximum Gasteiger partial charge on any atom is 0.239 e. The summed E-state index contributed by atoms with van der Waals surface area (Å²) in [5, 5.41) is 8.57. The minimum absolute atomic E-state index is 0.381. The first-order valence-electron chi connectivity index (χ1n) is 9.07. The zero-order chi connectivity index (χ0) is 18.2. The highest BCUT2D eigenvalue weighted by Gasteiger charge is 2.25. The van der Waals surface area contributed by atoms with Gasteiger partial charge in [0.2, 0.25) is 5.88 Å². The van der Waals surface area contributed by atoms with Gasteiger partial charge in [0.1, 0.15) is 11.5 Å². The van der Waals surface area contributed by atoms with E-state index in [1.165, 1.54) is 0 Å². The molecule has 0 atom stereocenters. The van der Waals surface area contributed by atoms with E-state index < -0.39 is 0 Å². The number of nitrogens with zero attached hydrogens (tertiary/aromatic N) is 4. The van der Waals surface area contributed by atoms with E-state index in [1.54, 1.807) is 0 Å². The molecule has 2 aromatic carbocycles. The second kappa shape index (κ2) is 6.36. The van der Waals surface area contributed by atoms with Crippen LogP contribution >= 0.6 is 0 Å². The van der Waals surface area contributed by atoms with Gasteiger partial charge < -0.3 is 4.74 Å². The van der Waals surface area contributed by atoms with Crippen LogP contribution in [0.15, 0.2) is 66.7 Å². The number of hydrogen-bond acceptors (Lipinski definition) is 4. The van der Waals surface area contributed by atoms with E-state index >= 15 is 0 Å². The first kappa shape index (κ1) is 15.8. The standard InChI is InChI=1S/C22H18N4O/c1-2-19-24-25-20-14-27-22-18(26(19)20)13-17(15-9-5-3-6-10-15)21(23-22)16-11-7-4-8-12-16/h3-13H,2,14H2,1H3. The Morgan fingerprint density at radius 1 is 0.926 bits per heavy atom. The molecule has 5 rings (SSSR count). The van der Waals surface area contributed by atoms with Crippen LogP contribution < -0.4 is 4.74 Å². The van der Waals surface area contributed by atoms with E-state index in [9.17, 15) is 0 Å². The minimum Gasteiger partial charge on any atom is -0.468 e. The molecule has 0 unspecified atom stereocenters. The predicted octanol–water partition coefficient (Wildman–Crippen LogP) is 4.45. The molecule has 0 saturated heterocycles. The highest BCUT2D eigenvalue weighted by atomic mass is 16.5. The van der Waals surface area contributed by atoms with Gasteiger partial charge in [0.15, 0.2) is 12.4 Å². The van der Waals surface area contributed by atoms with Crippen molar-refractivity contribution in [2.75, 3.05) is 0 Å². The molecule has 3 heterocycles. The monoisotopic (exact) mass is 354 g/mol. The van der Waals surface area contributed by atoms with Gasteiger partial charge in [-0.25, -0.2) is 4.98 Å². The van der Waals surface area contributed by atoms with Crippen molar-refractivity contribution in [3.8, 4) is 34.0 Å². The third-order valence-electron chi connectivity index (χ3n) is 4.79. The fourth-order valence-electron chi connectivity index (χ4n) is 3.49. The summed E-state index contributed by atoms with van der Waals surface area (Å²) >= 11 is 0. The lowest BCUT2D eigenvalue weighted by atomic mass is 9.98. The Bertz CT molecular complexity index is 1090. The molecule has 0 spiro atoms. The Hall–Kier alpha value is -3.47. The fourth-order valence-corrected chi connectivity index (χ4v) is 3.49. The Morgan fingerprint density at radius 3 is 2.33 bits per heavy atom. The van der Waals surface area contributed by atoms with Crippen molar-refractivity contribution >= 4 is 0 Å². The molecule has 1 aliphatic heterocycles. The number of benzene rings is 2. The van der Waals surface area contributed by atoms with E-state index in [4.69, 9.17) is 9.72 Å². The normalized spacial score (nSPS) is 12.2. The van der Waals surface area contributed by atoms with E-state index in [-0.39, 0.29) is 0 Å². The second-order valence-corrected chi connectivity index (χ2v) is 6.45. The molecule has 0 radical (unpaired) electrons. The van der Waals surface area contributed by atoms with Crippen LogP contribution in [0.4, 0.5) is 0 Å². The van der Waals surface area contributed by atoms with Gasteiger partial charge in [-0.1, -0.05) is 67.6 Å². The smallest absolute Gasteiger partial charge is 0.239 e. The molecule has 5 heteroatoms. The van der Waals surface area contributed by atoms with Gasteiger partial charge in [-0.3, -0.25) is 4.57 Å². The van der Waals surface area contributed by atoms with Gasteiger partial charge in [-0.05, 0) is 11.6 Å². The van der Waals surface area contributed by atoms with Crippen molar-refractivity contribution in [2.45, 2.75) is 20.0 Å². The van der Waals surface area contributed by atoms with E-state index in [1.807, 2.05) is 36.4 Å². The van der Waals surface area contributed by atoms with E-state index in [0.29, 0.717) is 12.5 Å². The van der Waals surface area contributed by atoms with Crippen LogP contribution in [0.25, 0.3) is 28.1 Å². The molecule has 0 bridgehead atoms. The first-order valence-corrected chi connectivity index (χ1v) is 9.07. The first-order chi connectivity index (χ1) is 13.3. The number of aromatic nitrogens is 4. The average molecular weight is 354 g/mol. The lowest BCUT2D eigenvalue weighted by Gasteiger charge is -2.22. The highest BCUT2D eigenvalue weighted by molar-refractivity contribution is 5.83. The van der Waals surface area contributed by atoms with Gasteiger partial charge in [-0.15, -0.1) is 10.2 Å². The van der Waals surface area contributed by atoms with E-state index in [0.717, 1.165) is 46.1 Å². The van der Waals surface area contributed by atoms with Crippen LogP contribution in [0.1, 0.15) is 18.6 Å². The number of rotatable bonds is 3. The second-order valence-electron chi connectivity index (χ2n) is 6.45. The Morgan fingerprint density at radius 2 is 1.63 bits per heavy atom. The maximum atomic E-state index is 5.93. The fraction of sp³-hybridized carbons (Fsp3) is 0.136. The summed E-state index contributed by atoms with van der Waals surface area (Å²) in [5.74, 6) is 2.35. The Balaban J connectivity index is 1.80. The summed E-state index contributed by atoms with van der Waals surface area (Å²) in [6.45, 7) is 2.46. The van der Waals surface area contributed by atoms with Crippen molar-refractivity contribution in [3.05, 3.63) is 78.4 Å². The summed E-state index contributed by atoms with van der Waals surface area (Å²) in [6, 6.07) is 22.7. The van der Waals surface area contributed by atoms with Crippen molar-refractivity contribution in [2.24, 2.45) is 0 Å². The topological polar surface area (TPSA) is 52.8 Å². The molecule has 0 saturated carbocycles. The maximum absolute atomic E-state index is 5.93. The summed E-state index contributed by atoms with van der Waals surface area (Å²) in [6.07, 6.45) is 0.799. The van der Waals surface area contributed by atoms with Crippen molar-refractivity contribution in [3.63, 3.8) is 0 Å². The summed E-state index contributed by atoms with van der Waals surface area (Å²) < 4.78 is 8.00. The van der Waals surface area contributed by atoms with Gasteiger partial charge >= 0.3 is 0 Å². The van der Waals surface area contributed by atoms with Crippen molar-refractivity contribution in [1.29, 1.82) is 0 Å².